The van der Waals surface area contributed by atoms with E-state index in [1.807, 2.05) is 10.6 Å². The molecular formula is C11H13FN2O3. The molecule has 2 N–H and O–H groups in total. The molecule has 17 heavy (non-hydrogen) atoms. The fraction of sp³-hybridized carbons (Fsp3) is 0.545. The molecule has 0 radical (unpaired) electrons. The maximum atomic E-state index is 12.9. The minimum absolute atomic E-state index is 0.0294. The van der Waals surface area contributed by atoms with Gasteiger partial charge in [-0.3, -0.25) is 20.2 Å². The van der Waals surface area contributed by atoms with E-state index in [2.05, 4.69) is 0 Å². The van der Waals surface area contributed by atoms with E-state index in [0.717, 1.165) is 0 Å². The van der Waals surface area contributed by atoms with Gasteiger partial charge in [-0.1, -0.05) is 6.08 Å². The van der Waals surface area contributed by atoms with E-state index < -0.39 is 24.0 Å². The Bertz CT molecular complexity index is 376. The molecule has 2 fully saturated rings. The molecule has 0 bridgehead atoms. The number of hydrogen-bond donors (Lipinski definition) is 2. The Morgan fingerprint density at radius 1 is 1.00 bits per heavy atom. The van der Waals surface area contributed by atoms with Crippen LogP contribution in [0.3, 0.4) is 0 Å². The summed E-state index contributed by atoms with van der Waals surface area (Å²) in [5.74, 6) is -1.33. The Morgan fingerprint density at radius 2 is 1.53 bits per heavy atom. The largest absolute Gasteiger partial charge is 0.328 e. The molecule has 1 saturated carbocycles. The number of urea groups is 1. The maximum Gasteiger partial charge on any atom is 0.328 e. The van der Waals surface area contributed by atoms with Crippen LogP contribution in [0.1, 0.15) is 25.7 Å². The quantitative estimate of drug-likeness (QED) is 0.526. The lowest BCUT2D eigenvalue weighted by molar-refractivity contribution is -0.124. The number of carbonyl (C=O) groups excluding carboxylic acids is 3. The van der Waals surface area contributed by atoms with E-state index in [0.29, 0.717) is 25.7 Å². The van der Waals surface area contributed by atoms with E-state index >= 15 is 0 Å². The van der Waals surface area contributed by atoms with Crippen LogP contribution in [0.4, 0.5) is 9.18 Å². The summed E-state index contributed by atoms with van der Waals surface area (Å²) in [6.45, 7) is 0. The average Bonchev–Trinajstić information content (AvgIpc) is 2.26. The van der Waals surface area contributed by atoms with Gasteiger partial charge in [0.25, 0.3) is 11.8 Å². The molecule has 1 aliphatic heterocycles. The standard InChI is InChI=1S/C11H13FN2O3/c12-7-3-1-6(2-4-7)5-8-9(15)13-11(17)14-10(8)16/h5-7H,1-4H2,(H2,13,14,15,16,17). The summed E-state index contributed by atoms with van der Waals surface area (Å²) in [7, 11) is 0. The Labute approximate surface area is 97.4 Å². The van der Waals surface area contributed by atoms with Crippen molar-refractivity contribution in [2.45, 2.75) is 31.9 Å². The molecule has 1 aliphatic carbocycles. The van der Waals surface area contributed by atoms with E-state index in [1.165, 1.54) is 0 Å². The highest BCUT2D eigenvalue weighted by Gasteiger charge is 2.29. The summed E-state index contributed by atoms with van der Waals surface area (Å²) < 4.78 is 12.9. The fourth-order valence-electron chi connectivity index (χ4n) is 2.11. The van der Waals surface area contributed by atoms with Gasteiger partial charge in [-0.15, -0.1) is 0 Å². The topological polar surface area (TPSA) is 75.3 Å². The molecule has 0 aromatic heterocycles. The van der Waals surface area contributed by atoms with Crippen LogP contribution >= 0.6 is 0 Å². The summed E-state index contributed by atoms with van der Waals surface area (Å²) in [6, 6.07) is -0.801. The number of alkyl halides is 1. The average molecular weight is 240 g/mol. The van der Waals surface area contributed by atoms with Crippen LogP contribution in [0.15, 0.2) is 11.6 Å². The number of barbiturate groups is 1. The highest BCUT2D eigenvalue weighted by molar-refractivity contribution is 6.28. The van der Waals surface area contributed by atoms with Gasteiger partial charge in [-0.25, -0.2) is 9.18 Å². The van der Waals surface area contributed by atoms with Crippen molar-refractivity contribution in [3.8, 4) is 0 Å². The lowest BCUT2D eigenvalue weighted by Crippen LogP contribution is -2.51. The number of amides is 4. The van der Waals surface area contributed by atoms with Gasteiger partial charge in [-0.2, -0.15) is 0 Å². The first-order valence-electron chi connectivity index (χ1n) is 5.59. The molecule has 5 nitrogen and oxygen atoms in total. The smallest absolute Gasteiger partial charge is 0.273 e. The zero-order valence-corrected chi connectivity index (χ0v) is 9.16. The third-order valence-corrected chi connectivity index (χ3v) is 3.05. The monoisotopic (exact) mass is 240 g/mol. The minimum atomic E-state index is -0.801. The lowest BCUT2D eigenvalue weighted by Gasteiger charge is -2.23. The summed E-state index contributed by atoms with van der Waals surface area (Å²) >= 11 is 0. The molecule has 0 aromatic rings. The highest BCUT2D eigenvalue weighted by atomic mass is 19.1. The van der Waals surface area contributed by atoms with Crippen molar-refractivity contribution in [3.05, 3.63) is 11.6 Å². The van der Waals surface area contributed by atoms with Gasteiger partial charge in [0, 0.05) is 0 Å². The van der Waals surface area contributed by atoms with Crippen molar-refractivity contribution in [3.63, 3.8) is 0 Å². The molecular weight excluding hydrogens is 227 g/mol. The highest BCUT2D eigenvalue weighted by Crippen LogP contribution is 2.28. The zero-order chi connectivity index (χ0) is 12.4. The molecule has 0 spiro atoms. The molecule has 92 valence electrons. The van der Waals surface area contributed by atoms with Gasteiger partial charge < -0.3 is 0 Å². The third-order valence-electron chi connectivity index (χ3n) is 3.05. The van der Waals surface area contributed by atoms with Crippen molar-refractivity contribution in [1.82, 2.24) is 10.6 Å². The molecule has 2 rings (SSSR count). The maximum absolute atomic E-state index is 12.9. The number of carbonyl (C=O) groups is 3. The number of halogens is 1. The normalized spacial score (nSPS) is 29.7. The van der Waals surface area contributed by atoms with E-state index in [4.69, 9.17) is 0 Å². The number of allylic oxidation sites excluding steroid dienone is 1. The molecule has 2 aliphatic rings. The Hall–Kier alpha value is -1.72. The molecule has 0 atom stereocenters. The van der Waals surface area contributed by atoms with Crippen LogP contribution in [0.5, 0.6) is 0 Å². The van der Waals surface area contributed by atoms with Gasteiger partial charge in [0.05, 0.1) is 0 Å². The minimum Gasteiger partial charge on any atom is -0.273 e. The Morgan fingerprint density at radius 3 is 2.06 bits per heavy atom. The second-order valence-corrected chi connectivity index (χ2v) is 4.33. The van der Waals surface area contributed by atoms with Gasteiger partial charge in [0.2, 0.25) is 0 Å². The summed E-state index contributed by atoms with van der Waals surface area (Å²) in [4.78, 5) is 33.7. The zero-order valence-electron chi connectivity index (χ0n) is 9.16. The summed E-state index contributed by atoms with van der Waals surface area (Å²) in [5, 5.41) is 4.01. The van der Waals surface area contributed by atoms with Crippen LogP contribution in [-0.2, 0) is 9.59 Å². The molecule has 4 amide bonds. The number of nitrogens with one attached hydrogen (secondary N) is 2. The lowest BCUT2D eigenvalue weighted by atomic mass is 9.86. The molecule has 0 unspecified atom stereocenters. The van der Waals surface area contributed by atoms with Crippen molar-refractivity contribution >= 4 is 17.8 Å². The van der Waals surface area contributed by atoms with Crippen molar-refractivity contribution in [2.75, 3.05) is 0 Å². The SMILES string of the molecule is O=C1NC(=O)C(=CC2CCC(F)CC2)C(=O)N1. The van der Waals surface area contributed by atoms with Crippen LogP contribution < -0.4 is 10.6 Å². The fourth-order valence-corrected chi connectivity index (χ4v) is 2.11. The Balaban J connectivity index is 2.07. The van der Waals surface area contributed by atoms with Crippen molar-refractivity contribution in [2.24, 2.45) is 5.92 Å². The summed E-state index contributed by atoms with van der Waals surface area (Å²) in [5.41, 5.74) is -0.0492. The second-order valence-electron chi connectivity index (χ2n) is 4.33. The molecule has 6 heteroatoms. The molecule has 1 saturated heterocycles. The van der Waals surface area contributed by atoms with Gasteiger partial charge >= 0.3 is 6.03 Å². The van der Waals surface area contributed by atoms with Crippen molar-refractivity contribution in [1.29, 1.82) is 0 Å². The predicted octanol–water partition coefficient (Wildman–Crippen LogP) is 0.807. The van der Waals surface area contributed by atoms with Gasteiger partial charge in [-0.05, 0) is 31.6 Å². The van der Waals surface area contributed by atoms with Crippen LogP contribution in [-0.4, -0.2) is 24.0 Å². The van der Waals surface area contributed by atoms with Crippen molar-refractivity contribution < 1.29 is 18.8 Å². The second kappa shape index (κ2) is 4.65. The van der Waals surface area contributed by atoms with E-state index in [1.54, 1.807) is 6.08 Å². The first kappa shape index (κ1) is 11.8. The number of imide groups is 2. The first-order valence-corrected chi connectivity index (χ1v) is 5.59. The molecule has 1 heterocycles. The number of hydrogen-bond acceptors (Lipinski definition) is 3. The van der Waals surface area contributed by atoms with Crippen LogP contribution in [0.2, 0.25) is 0 Å². The van der Waals surface area contributed by atoms with E-state index in [-0.39, 0.29) is 11.5 Å². The van der Waals surface area contributed by atoms with Crippen LogP contribution in [0, 0.1) is 5.92 Å². The van der Waals surface area contributed by atoms with Gasteiger partial charge in [0.15, 0.2) is 0 Å². The summed E-state index contributed by atoms with van der Waals surface area (Å²) in [6.07, 6.45) is 2.93. The molecule has 0 aromatic carbocycles. The first-order chi connectivity index (χ1) is 8.06. The Kier molecular flexibility index (Phi) is 3.21. The van der Waals surface area contributed by atoms with Crippen LogP contribution in [0.25, 0.3) is 0 Å². The third kappa shape index (κ3) is 2.69. The van der Waals surface area contributed by atoms with Gasteiger partial charge in [0.1, 0.15) is 11.7 Å². The number of rotatable bonds is 1. The predicted molar refractivity (Wildman–Crippen MR) is 56.6 cm³/mol. The van der Waals surface area contributed by atoms with E-state index in [9.17, 15) is 18.8 Å².